The summed E-state index contributed by atoms with van der Waals surface area (Å²) in [6, 6.07) is 12.3. The first-order chi connectivity index (χ1) is 13.1. The van der Waals surface area contributed by atoms with Gasteiger partial charge in [0, 0.05) is 22.6 Å². The number of esters is 1. The normalized spacial score (nSPS) is 14.0. The Hall–Kier alpha value is -2.79. The van der Waals surface area contributed by atoms with Crippen LogP contribution in [0.2, 0.25) is 5.02 Å². The van der Waals surface area contributed by atoms with Crippen LogP contribution in [-0.2, 0) is 22.4 Å². The molecule has 138 valence electrons. The van der Waals surface area contributed by atoms with Crippen molar-refractivity contribution >= 4 is 28.5 Å². The molecule has 0 bridgehead atoms. The highest BCUT2D eigenvalue weighted by atomic mass is 35.5. The van der Waals surface area contributed by atoms with Gasteiger partial charge in [-0.25, -0.2) is 9.59 Å². The number of carbonyl (C=O) groups is 1. The summed E-state index contributed by atoms with van der Waals surface area (Å²) in [5, 5.41) is 1.16. The zero-order chi connectivity index (χ0) is 19.0. The Morgan fingerprint density at radius 1 is 1.15 bits per heavy atom. The van der Waals surface area contributed by atoms with Crippen LogP contribution < -0.4 is 10.4 Å². The van der Waals surface area contributed by atoms with Crippen LogP contribution in [0.4, 0.5) is 0 Å². The molecule has 27 heavy (non-hydrogen) atoms. The van der Waals surface area contributed by atoms with Crippen LogP contribution in [0.3, 0.4) is 0 Å². The van der Waals surface area contributed by atoms with E-state index in [-0.39, 0.29) is 11.4 Å². The van der Waals surface area contributed by atoms with Gasteiger partial charge in [-0.2, -0.15) is 0 Å². The summed E-state index contributed by atoms with van der Waals surface area (Å²) in [7, 11) is 1.30. The first kappa shape index (κ1) is 17.6. The van der Waals surface area contributed by atoms with Gasteiger partial charge in [-0.3, -0.25) is 0 Å². The lowest BCUT2D eigenvalue weighted by molar-refractivity contribution is -0.149. The number of ether oxygens (including phenoxy) is 2. The molecule has 1 aliphatic carbocycles. The zero-order valence-corrected chi connectivity index (χ0v) is 15.4. The molecule has 1 aliphatic rings. The second-order valence-corrected chi connectivity index (χ2v) is 6.82. The third-order valence-corrected chi connectivity index (χ3v) is 5.08. The van der Waals surface area contributed by atoms with Crippen molar-refractivity contribution in [1.82, 2.24) is 0 Å². The van der Waals surface area contributed by atoms with Crippen molar-refractivity contribution in [1.29, 1.82) is 0 Å². The largest absolute Gasteiger partial charge is 0.472 e. The van der Waals surface area contributed by atoms with Gasteiger partial charge in [0.05, 0.1) is 12.1 Å². The summed E-state index contributed by atoms with van der Waals surface area (Å²) in [4.78, 5) is 24.4. The van der Waals surface area contributed by atoms with Crippen molar-refractivity contribution in [2.45, 2.75) is 25.4 Å². The Labute approximate surface area is 160 Å². The van der Waals surface area contributed by atoms with Crippen LogP contribution in [0.1, 0.15) is 29.2 Å². The SMILES string of the molecule is COC(=O)[C@@H](Oc1cc2oc(=O)c3c(c2cc1Cl)CCC3)c1ccccc1. The maximum Gasteiger partial charge on any atom is 0.351 e. The number of hydrogen-bond acceptors (Lipinski definition) is 5. The van der Waals surface area contributed by atoms with Crippen LogP contribution >= 0.6 is 11.6 Å². The lowest BCUT2D eigenvalue weighted by Gasteiger charge is -2.18. The highest BCUT2D eigenvalue weighted by Gasteiger charge is 2.26. The third-order valence-electron chi connectivity index (χ3n) is 4.79. The molecule has 5 nitrogen and oxygen atoms in total. The summed E-state index contributed by atoms with van der Waals surface area (Å²) in [6.07, 6.45) is 1.49. The quantitative estimate of drug-likeness (QED) is 0.497. The predicted octanol–water partition coefficient (Wildman–Crippen LogP) is 4.23. The summed E-state index contributed by atoms with van der Waals surface area (Å²) in [6.45, 7) is 0. The molecule has 2 aromatic carbocycles. The van der Waals surface area contributed by atoms with Crippen molar-refractivity contribution in [2.24, 2.45) is 0 Å². The Balaban J connectivity index is 1.79. The van der Waals surface area contributed by atoms with Crippen molar-refractivity contribution < 1.29 is 18.7 Å². The van der Waals surface area contributed by atoms with E-state index in [2.05, 4.69) is 0 Å². The molecular formula is C21H17ClO5. The lowest BCUT2D eigenvalue weighted by Crippen LogP contribution is -2.20. The van der Waals surface area contributed by atoms with Gasteiger partial charge in [-0.1, -0.05) is 41.9 Å². The van der Waals surface area contributed by atoms with Gasteiger partial charge in [-0.15, -0.1) is 0 Å². The lowest BCUT2D eigenvalue weighted by atomic mass is 10.1. The highest BCUT2D eigenvalue weighted by Crippen LogP contribution is 2.36. The summed E-state index contributed by atoms with van der Waals surface area (Å²) in [5.74, 6) is -0.294. The van der Waals surface area contributed by atoms with Crippen LogP contribution in [0.15, 0.2) is 51.7 Å². The van der Waals surface area contributed by atoms with E-state index in [1.165, 1.54) is 7.11 Å². The summed E-state index contributed by atoms with van der Waals surface area (Å²) in [5.41, 5.74) is 2.43. The molecule has 0 radical (unpaired) electrons. The number of hydrogen-bond donors (Lipinski definition) is 0. The van der Waals surface area contributed by atoms with Crippen molar-refractivity contribution in [2.75, 3.05) is 7.11 Å². The number of halogens is 1. The summed E-state index contributed by atoms with van der Waals surface area (Å²) < 4.78 is 16.2. The van der Waals surface area contributed by atoms with Gasteiger partial charge >= 0.3 is 11.6 Å². The fourth-order valence-corrected chi connectivity index (χ4v) is 3.70. The number of carbonyl (C=O) groups excluding carboxylic acids is 1. The second kappa shape index (κ2) is 7.08. The molecule has 3 aromatic rings. The first-order valence-electron chi connectivity index (χ1n) is 8.66. The number of rotatable bonds is 4. The standard InChI is InChI=1S/C21H17ClO5/c1-25-21(24)19(12-6-3-2-4-7-12)26-18-11-17-15(10-16(18)22)13-8-5-9-14(13)20(23)27-17/h2-4,6-7,10-11,19H,5,8-9H2,1H3/t19-/m0/s1. The molecule has 0 spiro atoms. The number of benzene rings is 2. The van der Waals surface area contributed by atoms with E-state index in [1.54, 1.807) is 36.4 Å². The van der Waals surface area contributed by atoms with Crippen molar-refractivity contribution in [3.63, 3.8) is 0 Å². The van der Waals surface area contributed by atoms with Gasteiger partial charge in [0.1, 0.15) is 11.3 Å². The zero-order valence-electron chi connectivity index (χ0n) is 14.7. The molecule has 0 amide bonds. The molecule has 0 saturated heterocycles. The number of methoxy groups -OCH3 is 1. The average Bonchev–Trinajstić information content (AvgIpc) is 3.18. The van der Waals surface area contributed by atoms with E-state index in [4.69, 9.17) is 25.5 Å². The molecule has 4 rings (SSSR count). The maximum absolute atomic E-state index is 12.2. The van der Waals surface area contributed by atoms with E-state index >= 15 is 0 Å². The van der Waals surface area contributed by atoms with E-state index in [1.807, 2.05) is 6.07 Å². The van der Waals surface area contributed by atoms with Gasteiger partial charge in [-0.05, 0) is 30.9 Å². The van der Waals surface area contributed by atoms with Crippen molar-refractivity contribution in [3.8, 4) is 5.75 Å². The number of fused-ring (bicyclic) bond motifs is 3. The Morgan fingerprint density at radius 3 is 2.63 bits per heavy atom. The smallest absolute Gasteiger partial charge is 0.351 e. The summed E-state index contributed by atoms with van der Waals surface area (Å²) >= 11 is 6.43. The number of aryl methyl sites for hydroxylation is 1. The van der Waals surface area contributed by atoms with Crippen LogP contribution in [0.5, 0.6) is 5.75 Å². The van der Waals surface area contributed by atoms with Crippen molar-refractivity contribution in [3.05, 3.63) is 74.6 Å². The van der Waals surface area contributed by atoms with Crippen LogP contribution in [-0.4, -0.2) is 13.1 Å². The Bertz CT molecular complexity index is 1070. The highest BCUT2D eigenvalue weighted by molar-refractivity contribution is 6.32. The maximum atomic E-state index is 12.2. The topological polar surface area (TPSA) is 65.7 Å². The predicted molar refractivity (Wildman–Crippen MR) is 101 cm³/mol. The van der Waals surface area contributed by atoms with E-state index in [9.17, 15) is 9.59 Å². The Morgan fingerprint density at radius 2 is 1.89 bits per heavy atom. The van der Waals surface area contributed by atoms with E-state index < -0.39 is 12.1 Å². The molecule has 1 aromatic heterocycles. The molecule has 0 N–H and O–H groups in total. The minimum Gasteiger partial charge on any atom is -0.472 e. The first-order valence-corrected chi connectivity index (χ1v) is 9.04. The molecule has 0 unspecified atom stereocenters. The monoisotopic (exact) mass is 384 g/mol. The molecule has 6 heteroatoms. The van der Waals surface area contributed by atoms with Gasteiger partial charge in [0.25, 0.3) is 0 Å². The molecule has 0 fully saturated rings. The molecule has 1 heterocycles. The minimum atomic E-state index is -0.979. The fraction of sp³-hybridized carbons (Fsp3) is 0.238. The van der Waals surface area contributed by atoms with E-state index in [0.717, 1.165) is 35.8 Å². The van der Waals surface area contributed by atoms with Crippen LogP contribution in [0.25, 0.3) is 11.0 Å². The third kappa shape index (κ3) is 3.19. The van der Waals surface area contributed by atoms with Gasteiger partial charge in [0.2, 0.25) is 6.10 Å². The minimum absolute atomic E-state index is 0.254. The molecule has 1 atom stereocenters. The molecular weight excluding hydrogens is 368 g/mol. The van der Waals surface area contributed by atoms with Gasteiger partial charge < -0.3 is 13.9 Å². The molecule has 0 aliphatic heterocycles. The second-order valence-electron chi connectivity index (χ2n) is 6.41. The fourth-order valence-electron chi connectivity index (χ4n) is 3.49. The van der Waals surface area contributed by atoms with Crippen LogP contribution in [0, 0.1) is 0 Å². The Kier molecular flexibility index (Phi) is 4.62. The van der Waals surface area contributed by atoms with Gasteiger partial charge in [0.15, 0.2) is 0 Å². The van der Waals surface area contributed by atoms with E-state index in [0.29, 0.717) is 16.2 Å². The molecule has 0 saturated carbocycles. The average molecular weight is 385 g/mol.